The van der Waals surface area contributed by atoms with Crippen LogP contribution in [0.5, 0.6) is 0 Å². The summed E-state index contributed by atoms with van der Waals surface area (Å²) in [5.41, 5.74) is 1.21. The van der Waals surface area contributed by atoms with Crippen LogP contribution >= 0.6 is 24.8 Å². The minimum absolute atomic E-state index is 0. The van der Waals surface area contributed by atoms with Crippen LogP contribution in [0.25, 0.3) is 0 Å². The Kier molecular flexibility index (Phi) is 10.4. The van der Waals surface area contributed by atoms with E-state index in [1.807, 2.05) is 12.1 Å². The Bertz CT molecular complexity index is 397. The average Bonchev–Trinajstić information content (AvgIpc) is 2.90. The standard InChI is InChI=1S/C15H23N3O.2ClH/c1-12(10-13-4-7-16-8-5-13)18-15(19)3-2-14-6-9-17-11-14;;/h4-5,7-8,12,14,17H,2-3,6,9-11H2,1H3,(H,18,19);2*1H. The number of amides is 1. The lowest BCUT2D eigenvalue weighted by molar-refractivity contribution is -0.121. The number of hydrogen-bond donors (Lipinski definition) is 2. The predicted molar refractivity (Wildman–Crippen MR) is 90.3 cm³/mol. The number of carbonyl (C=O) groups excluding carboxylic acids is 1. The van der Waals surface area contributed by atoms with Gasteiger partial charge < -0.3 is 10.6 Å². The number of carbonyl (C=O) groups is 1. The molecule has 2 N–H and O–H groups in total. The van der Waals surface area contributed by atoms with Gasteiger partial charge in [-0.25, -0.2) is 0 Å². The summed E-state index contributed by atoms with van der Waals surface area (Å²) in [5.74, 6) is 0.856. The summed E-state index contributed by atoms with van der Waals surface area (Å²) in [4.78, 5) is 15.9. The second-order valence-electron chi connectivity index (χ2n) is 5.43. The van der Waals surface area contributed by atoms with Crippen LogP contribution in [-0.4, -0.2) is 30.0 Å². The molecule has 0 aliphatic carbocycles. The van der Waals surface area contributed by atoms with E-state index < -0.39 is 0 Å². The zero-order chi connectivity index (χ0) is 13.5. The van der Waals surface area contributed by atoms with Gasteiger partial charge in [0.15, 0.2) is 0 Å². The molecule has 6 heteroatoms. The van der Waals surface area contributed by atoms with Crippen molar-refractivity contribution in [2.45, 2.75) is 38.6 Å². The smallest absolute Gasteiger partial charge is 0.220 e. The van der Waals surface area contributed by atoms with Crippen molar-refractivity contribution >= 4 is 30.7 Å². The van der Waals surface area contributed by atoms with Crippen molar-refractivity contribution in [3.63, 3.8) is 0 Å². The molecule has 1 amide bonds. The van der Waals surface area contributed by atoms with Gasteiger partial charge in [-0.1, -0.05) is 0 Å². The maximum Gasteiger partial charge on any atom is 0.220 e. The van der Waals surface area contributed by atoms with Crippen LogP contribution in [-0.2, 0) is 11.2 Å². The molecule has 1 fully saturated rings. The van der Waals surface area contributed by atoms with Crippen LogP contribution < -0.4 is 10.6 Å². The lowest BCUT2D eigenvalue weighted by Gasteiger charge is -2.15. The molecule has 4 nitrogen and oxygen atoms in total. The van der Waals surface area contributed by atoms with Gasteiger partial charge in [-0.2, -0.15) is 0 Å². The summed E-state index contributed by atoms with van der Waals surface area (Å²) < 4.78 is 0. The Labute approximate surface area is 139 Å². The van der Waals surface area contributed by atoms with E-state index in [4.69, 9.17) is 0 Å². The summed E-state index contributed by atoms with van der Waals surface area (Å²) >= 11 is 0. The van der Waals surface area contributed by atoms with Gasteiger partial charge in [-0.05, 0) is 62.9 Å². The predicted octanol–water partition coefficient (Wildman–Crippen LogP) is 2.36. The van der Waals surface area contributed by atoms with Crippen molar-refractivity contribution in [1.29, 1.82) is 0 Å². The normalized spacial score (nSPS) is 18.2. The molecule has 2 unspecified atom stereocenters. The van der Waals surface area contributed by atoms with Gasteiger partial charge >= 0.3 is 0 Å². The van der Waals surface area contributed by atoms with Crippen molar-refractivity contribution in [3.8, 4) is 0 Å². The Hall–Kier alpha value is -0.840. The van der Waals surface area contributed by atoms with Crippen LogP contribution in [0.4, 0.5) is 0 Å². The fraction of sp³-hybridized carbons (Fsp3) is 0.600. The highest BCUT2D eigenvalue weighted by Gasteiger charge is 2.16. The Morgan fingerprint density at radius 1 is 1.43 bits per heavy atom. The molecular weight excluding hydrogens is 309 g/mol. The fourth-order valence-corrected chi connectivity index (χ4v) is 2.57. The van der Waals surface area contributed by atoms with E-state index in [0.717, 1.165) is 25.9 Å². The number of hydrogen-bond acceptors (Lipinski definition) is 3. The lowest BCUT2D eigenvalue weighted by Crippen LogP contribution is -2.34. The van der Waals surface area contributed by atoms with E-state index in [9.17, 15) is 4.79 Å². The van der Waals surface area contributed by atoms with E-state index >= 15 is 0 Å². The van der Waals surface area contributed by atoms with E-state index in [1.54, 1.807) is 12.4 Å². The largest absolute Gasteiger partial charge is 0.353 e. The van der Waals surface area contributed by atoms with Gasteiger partial charge in [0.2, 0.25) is 5.91 Å². The number of nitrogens with zero attached hydrogens (tertiary/aromatic N) is 1. The monoisotopic (exact) mass is 333 g/mol. The molecule has 1 aliphatic heterocycles. The lowest BCUT2D eigenvalue weighted by atomic mass is 10.0. The van der Waals surface area contributed by atoms with E-state index in [2.05, 4.69) is 22.5 Å². The van der Waals surface area contributed by atoms with Crippen LogP contribution in [0, 0.1) is 5.92 Å². The summed E-state index contributed by atoms with van der Waals surface area (Å²) in [6.07, 6.45) is 7.29. The molecule has 0 saturated carbocycles. The van der Waals surface area contributed by atoms with Gasteiger partial charge in [0.05, 0.1) is 0 Å². The minimum atomic E-state index is 0. The first-order valence-corrected chi connectivity index (χ1v) is 7.13. The molecule has 0 spiro atoms. The molecule has 21 heavy (non-hydrogen) atoms. The third kappa shape index (κ3) is 7.65. The zero-order valence-electron chi connectivity index (χ0n) is 12.4. The molecule has 1 aromatic heterocycles. The van der Waals surface area contributed by atoms with Gasteiger partial charge in [-0.3, -0.25) is 9.78 Å². The number of pyridine rings is 1. The Balaban J connectivity index is 0.00000200. The van der Waals surface area contributed by atoms with Gasteiger partial charge in [0.25, 0.3) is 0 Å². The van der Waals surface area contributed by atoms with Crippen LogP contribution in [0.3, 0.4) is 0 Å². The quantitative estimate of drug-likeness (QED) is 0.840. The Morgan fingerprint density at radius 2 is 2.14 bits per heavy atom. The summed E-state index contributed by atoms with van der Waals surface area (Å²) in [6.45, 7) is 4.22. The summed E-state index contributed by atoms with van der Waals surface area (Å²) in [7, 11) is 0. The van der Waals surface area contributed by atoms with Gasteiger partial charge in [0.1, 0.15) is 0 Å². The topological polar surface area (TPSA) is 54.0 Å². The molecular formula is C15H25Cl2N3O. The molecule has 1 aliphatic rings. The fourth-order valence-electron chi connectivity index (χ4n) is 2.57. The van der Waals surface area contributed by atoms with Crippen molar-refractivity contribution in [2.75, 3.05) is 13.1 Å². The third-order valence-corrected chi connectivity index (χ3v) is 3.64. The SMILES string of the molecule is CC(Cc1ccncc1)NC(=O)CCC1CCNC1.Cl.Cl. The van der Waals surface area contributed by atoms with E-state index in [0.29, 0.717) is 12.3 Å². The average molecular weight is 334 g/mol. The number of nitrogens with one attached hydrogen (secondary N) is 2. The zero-order valence-corrected chi connectivity index (χ0v) is 14.0. The molecule has 0 radical (unpaired) electrons. The summed E-state index contributed by atoms with van der Waals surface area (Å²) in [5, 5.41) is 6.40. The second kappa shape index (κ2) is 10.8. The minimum Gasteiger partial charge on any atom is -0.353 e. The molecule has 1 aromatic rings. The first-order chi connectivity index (χ1) is 9.24. The van der Waals surface area contributed by atoms with Crippen LogP contribution in [0.1, 0.15) is 31.7 Å². The molecule has 0 bridgehead atoms. The summed E-state index contributed by atoms with van der Waals surface area (Å²) in [6, 6.07) is 4.16. The molecule has 2 heterocycles. The Morgan fingerprint density at radius 3 is 2.76 bits per heavy atom. The van der Waals surface area contributed by atoms with Crippen molar-refractivity contribution in [2.24, 2.45) is 5.92 Å². The molecule has 2 atom stereocenters. The number of rotatable bonds is 6. The highest BCUT2D eigenvalue weighted by molar-refractivity contribution is 5.85. The molecule has 120 valence electrons. The maximum atomic E-state index is 11.9. The highest BCUT2D eigenvalue weighted by Crippen LogP contribution is 2.14. The van der Waals surface area contributed by atoms with Gasteiger partial charge in [-0.15, -0.1) is 24.8 Å². The number of aromatic nitrogens is 1. The van der Waals surface area contributed by atoms with Crippen molar-refractivity contribution in [1.82, 2.24) is 15.6 Å². The van der Waals surface area contributed by atoms with Crippen molar-refractivity contribution in [3.05, 3.63) is 30.1 Å². The van der Waals surface area contributed by atoms with E-state index in [1.165, 1.54) is 12.0 Å². The van der Waals surface area contributed by atoms with Crippen LogP contribution in [0.15, 0.2) is 24.5 Å². The van der Waals surface area contributed by atoms with Crippen molar-refractivity contribution < 1.29 is 4.79 Å². The first kappa shape index (κ1) is 20.2. The molecule has 2 rings (SSSR count). The second-order valence-corrected chi connectivity index (χ2v) is 5.43. The van der Waals surface area contributed by atoms with Crippen LogP contribution in [0.2, 0.25) is 0 Å². The van der Waals surface area contributed by atoms with E-state index in [-0.39, 0.29) is 36.8 Å². The maximum absolute atomic E-state index is 11.9. The molecule has 1 saturated heterocycles. The van der Waals surface area contributed by atoms with Gasteiger partial charge in [0, 0.05) is 24.9 Å². The first-order valence-electron chi connectivity index (χ1n) is 7.13. The highest BCUT2D eigenvalue weighted by atomic mass is 35.5. The number of halogens is 2. The molecule has 0 aromatic carbocycles. The third-order valence-electron chi connectivity index (χ3n) is 3.64.